The molecule has 0 unspecified atom stereocenters. The molecule has 1 fully saturated rings. The average Bonchev–Trinajstić information content (AvgIpc) is 2.58. The van der Waals surface area contributed by atoms with Crippen molar-refractivity contribution in [2.24, 2.45) is 10.4 Å². The Kier molecular flexibility index (Phi) is 2.60. The molecule has 2 aliphatic rings. The third kappa shape index (κ3) is 1.88. The molecule has 0 bridgehead atoms. The number of piperidine rings is 1. The fraction of sp³-hybridized carbons (Fsp3) is 0.600. The van der Waals surface area contributed by atoms with Crippen molar-refractivity contribution in [2.45, 2.75) is 19.3 Å². The second-order valence-electron chi connectivity index (χ2n) is 4.40. The van der Waals surface area contributed by atoms with E-state index in [1.165, 1.54) is 4.90 Å². The van der Waals surface area contributed by atoms with Crippen molar-refractivity contribution in [3.8, 4) is 0 Å². The van der Waals surface area contributed by atoms with Crippen LogP contribution in [0.25, 0.3) is 0 Å². The Balaban J connectivity index is 2.08. The van der Waals surface area contributed by atoms with Crippen LogP contribution in [-0.4, -0.2) is 51.9 Å². The third-order valence-electron chi connectivity index (χ3n) is 3.43. The van der Waals surface area contributed by atoms with Crippen LogP contribution in [-0.2, 0) is 9.59 Å². The Hall–Kier alpha value is -1.92. The molecule has 92 valence electrons. The molecule has 0 saturated carbocycles. The molecule has 0 radical (unpaired) electrons. The molecular formula is C10H12N2O5. The van der Waals surface area contributed by atoms with E-state index in [0.717, 1.165) is 0 Å². The van der Waals surface area contributed by atoms with Crippen molar-refractivity contribution in [3.05, 3.63) is 0 Å². The number of amides is 2. The molecule has 17 heavy (non-hydrogen) atoms. The maximum absolute atomic E-state index is 11.7. The summed E-state index contributed by atoms with van der Waals surface area (Å²) in [5.74, 6) is -1.59. The summed E-state index contributed by atoms with van der Waals surface area (Å²) >= 11 is 0. The van der Waals surface area contributed by atoms with Crippen LogP contribution in [0.1, 0.15) is 19.3 Å². The number of hydrogen-bond donors (Lipinski definition) is 2. The topological polar surface area (TPSA) is 107 Å². The van der Waals surface area contributed by atoms with Crippen LogP contribution in [0.4, 0.5) is 4.79 Å². The summed E-state index contributed by atoms with van der Waals surface area (Å²) in [6.45, 7) is 0.507. The number of hydrogen-bond acceptors (Lipinski definition) is 3. The van der Waals surface area contributed by atoms with Gasteiger partial charge in [-0.1, -0.05) is 0 Å². The van der Waals surface area contributed by atoms with E-state index in [1.807, 2.05) is 0 Å². The SMILES string of the molecule is O=C(O)C1=NC(=O)C2(CCN(C(=O)O)CC2)C1. The fourth-order valence-electron chi connectivity index (χ4n) is 2.32. The Morgan fingerprint density at radius 1 is 1.24 bits per heavy atom. The lowest BCUT2D eigenvalue weighted by atomic mass is 9.75. The van der Waals surface area contributed by atoms with Crippen molar-refractivity contribution in [1.29, 1.82) is 0 Å². The van der Waals surface area contributed by atoms with E-state index in [2.05, 4.69) is 4.99 Å². The first-order chi connectivity index (χ1) is 7.94. The van der Waals surface area contributed by atoms with E-state index in [4.69, 9.17) is 10.2 Å². The molecule has 1 spiro atoms. The van der Waals surface area contributed by atoms with Crippen LogP contribution in [0.3, 0.4) is 0 Å². The number of carboxylic acid groups (broad SMARTS) is 2. The number of aliphatic imine (C=N–C) groups is 1. The predicted molar refractivity (Wildman–Crippen MR) is 56.0 cm³/mol. The first-order valence-corrected chi connectivity index (χ1v) is 5.28. The number of rotatable bonds is 1. The summed E-state index contributed by atoms with van der Waals surface area (Å²) in [4.78, 5) is 38.0. The van der Waals surface area contributed by atoms with Crippen LogP contribution in [0.5, 0.6) is 0 Å². The predicted octanol–water partition coefficient (Wildman–Crippen LogP) is 0.202. The average molecular weight is 240 g/mol. The van der Waals surface area contributed by atoms with Crippen molar-refractivity contribution >= 4 is 23.7 Å². The van der Waals surface area contributed by atoms with Crippen LogP contribution in [0, 0.1) is 5.41 Å². The summed E-state index contributed by atoms with van der Waals surface area (Å²) in [6.07, 6.45) is -0.199. The van der Waals surface area contributed by atoms with E-state index in [1.54, 1.807) is 0 Å². The molecule has 0 aliphatic carbocycles. The molecule has 0 aromatic heterocycles. The van der Waals surface area contributed by atoms with Crippen LogP contribution in [0.2, 0.25) is 0 Å². The maximum Gasteiger partial charge on any atom is 0.407 e. The maximum atomic E-state index is 11.7. The second-order valence-corrected chi connectivity index (χ2v) is 4.40. The Morgan fingerprint density at radius 2 is 1.82 bits per heavy atom. The van der Waals surface area contributed by atoms with Gasteiger partial charge in [-0.15, -0.1) is 0 Å². The molecule has 0 aromatic carbocycles. The monoisotopic (exact) mass is 240 g/mol. The van der Waals surface area contributed by atoms with Gasteiger partial charge in [-0.25, -0.2) is 14.6 Å². The molecule has 2 aliphatic heterocycles. The highest BCUT2D eigenvalue weighted by Crippen LogP contribution is 2.40. The molecule has 7 nitrogen and oxygen atoms in total. The third-order valence-corrected chi connectivity index (χ3v) is 3.43. The minimum Gasteiger partial charge on any atom is -0.477 e. The first-order valence-electron chi connectivity index (χ1n) is 5.28. The van der Waals surface area contributed by atoms with Gasteiger partial charge in [0.2, 0.25) is 0 Å². The smallest absolute Gasteiger partial charge is 0.407 e. The molecule has 2 N–H and O–H groups in total. The van der Waals surface area contributed by atoms with Gasteiger partial charge in [0.05, 0.1) is 5.41 Å². The van der Waals surface area contributed by atoms with E-state index in [0.29, 0.717) is 12.8 Å². The van der Waals surface area contributed by atoms with Crippen LogP contribution >= 0.6 is 0 Å². The summed E-state index contributed by atoms with van der Waals surface area (Å²) in [7, 11) is 0. The zero-order chi connectivity index (χ0) is 12.6. The number of likely N-dealkylation sites (tertiary alicyclic amines) is 1. The van der Waals surface area contributed by atoms with Crippen LogP contribution < -0.4 is 0 Å². The highest BCUT2D eigenvalue weighted by Gasteiger charge is 2.48. The van der Waals surface area contributed by atoms with Gasteiger partial charge >= 0.3 is 12.1 Å². The van der Waals surface area contributed by atoms with Gasteiger partial charge in [0.15, 0.2) is 0 Å². The standard InChI is InChI=1S/C10H12N2O5/c13-7(14)6-5-10(8(15)11-6)1-3-12(4-2-10)9(16)17/h1-5H2,(H,13,14)(H,16,17). The Bertz CT molecular complexity index is 420. The fourth-order valence-corrected chi connectivity index (χ4v) is 2.32. The number of carboxylic acids is 1. The molecule has 2 heterocycles. The molecule has 2 rings (SSSR count). The number of aliphatic carboxylic acids is 1. The van der Waals surface area contributed by atoms with Gasteiger partial charge in [-0.2, -0.15) is 0 Å². The zero-order valence-corrected chi connectivity index (χ0v) is 9.05. The van der Waals surface area contributed by atoms with Crippen molar-refractivity contribution < 1.29 is 24.6 Å². The van der Waals surface area contributed by atoms with Gasteiger partial charge < -0.3 is 15.1 Å². The van der Waals surface area contributed by atoms with E-state index >= 15 is 0 Å². The van der Waals surface area contributed by atoms with E-state index in [9.17, 15) is 14.4 Å². The normalized spacial score (nSPS) is 22.7. The largest absolute Gasteiger partial charge is 0.477 e. The lowest BCUT2D eigenvalue weighted by Crippen LogP contribution is -2.44. The molecule has 2 amide bonds. The van der Waals surface area contributed by atoms with Crippen LogP contribution in [0.15, 0.2) is 4.99 Å². The number of carbonyl (C=O) groups excluding carboxylic acids is 1. The number of carbonyl (C=O) groups is 3. The van der Waals surface area contributed by atoms with E-state index < -0.39 is 23.4 Å². The molecule has 1 saturated heterocycles. The van der Waals surface area contributed by atoms with Gasteiger partial charge in [0.25, 0.3) is 5.91 Å². The Morgan fingerprint density at radius 3 is 2.24 bits per heavy atom. The minimum absolute atomic E-state index is 0.112. The van der Waals surface area contributed by atoms with Crippen molar-refractivity contribution in [3.63, 3.8) is 0 Å². The second kappa shape index (κ2) is 3.83. The number of nitrogens with zero attached hydrogens (tertiary/aromatic N) is 2. The summed E-state index contributed by atoms with van der Waals surface area (Å²) < 4.78 is 0. The highest BCUT2D eigenvalue weighted by molar-refractivity contribution is 6.39. The summed E-state index contributed by atoms with van der Waals surface area (Å²) in [5.41, 5.74) is -0.890. The molecular weight excluding hydrogens is 228 g/mol. The van der Waals surface area contributed by atoms with Gasteiger partial charge in [-0.3, -0.25) is 4.79 Å². The van der Waals surface area contributed by atoms with Gasteiger partial charge in [0.1, 0.15) is 5.71 Å². The summed E-state index contributed by atoms with van der Waals surface area (Å²) in [6, 6.07) is 0. The quantitative estimate of drug-likeness (QED) is 0.680. The highest BCUT2D eigenvalue weighted by atomic mass is 16.4. The van der Waals surface area contributed by atoms with Gasteiger partial charge in [-0.05, 0) is 12.8 Å². The van der Waals surface area contributed by atoms with E-state index in [-0.39, 0.29) is 25.2 Å². The Labute approximate surface area is 96.7 Å². The van der Waals surface area contributed by atoms with Crippen molar-refractivity contribution in [1.82, 2.24) is 4.90 Å². The lowest BCUT2D eigenvalue weighted by molar-refractivity contribution is -0.129. The molecule has 0 atom stereocenters. The van der Waals surface area contributed by atoms with Crippen molar-refractivity contribution in [2.75, 3.05) is 13.1 Å². The minimum atomic E-state index is -1.17. The lowest BCUT2D eigenvalue weighted by Gasteiger charge is -2.35. The molecule has 0 aromatic rings. The molecule has 7 heteroatoms. The first kappa shape index (κ1) is 11.6. The van der Waals surface area contributed by atoms with Gasteiger partial charge in [0, 0.05) is 19.5 Å². The summed E-state index contributed by atoms with van der Waals surface area (Å²) in [5, 5.41) is 17.6. The zero-order valence-electron chi connectivity index (χ0n) is 9.05.